The molecule has 4 heterocycles. The van der Waals surface area contributed by atoms with E-state index in [0.717, 1.165) is 29.9 Å². The first kappa shape index (κ1) is 16.9. The second-order valence-corrected chi connectivity index (χ2v) is 7.38. The van der Waals surface area contributed by atoms with Gasteiger partial charge in [-0.1, -0.05) is 17.7 Å². The number of nitrogens with zero attached hydrogens (tertiary/aromatic N) is 3. The largest absolute Gasteiger partial charge is 0.361 e. The molecule has 0 unspecified atom stereocenters. The molecule has 6 heteroatoms. The van der Waals surface area contributed by atoms with Gasteiger partial charge in [-0.05, 0) is 43.2 Å². The summed E-state index contributed by atoms with van der Waals surface area (Å²) < 4.78 is 0. The Balaban J connectivity index is 1.45. The van der Waals surface area contributed by atoms with Crippen molar-refractivity contribution in [2.24, 2.45) is 0 Å². The highest BCUT2D eigenvalue weighted by Crippen LogP contribution is 2.24. The van der Waals surface area contributed by atoms with E-state index in [-0.39, 0.29) is 5.56 Å². The van der Waals surface area contributed by atoms with Crippen molar-refractivity contribution in [1.29, 1.82) is 0 Å². The molecule has 140 valence electrons. The Morgan fingerprint density at radius 1 is 1.21 bits per heavy atom. The van der Waals surface area contributed by atoms with Crippen LogP contribution in [-0.2, 0) is 19.5 Å². The van der Waals surface area contributed by atoms with Crippen molar-refractivity contribution in [1.82, 2.24) is 24.8 Å². The third-order valence-corrected chi connectivity index (χ3v) is 5.38. The molecule has 0 saturated heterocycles. The van der Waals surface area contributed by atoms with Crippen molar-refractivity contribution < 1.29 is 0 Å². The zero-order valence-corrected chi connectivity index (χ0v) is 15.7. The molecule has 0 spiro atoms. The molecule has 0 fully saturated rings. The van der Waals surface area contributed by atoms with Crippen molar-refractivity contribution in [2.75, 3.05) is 6.54 Å². The molecule has 2 N–H and O–H groups in total. The maximum Gasteiger partial charge on any atom is 0.254 e. The van der Waals surface area contributed by atoms with Gasteiger partial charge >= 0.3 is 0 Å². The van der Waals surface area contributed by atoms with Gasteiger partial charge in [0.25, 0.3) is 5.56 Å². The molecule has 0 atom stereocenters. The Bertz CT molecular complexity index is 1210. The number of H-pyrrole nitrogens is 2. The minimum atomic E-state index is -0.0481. The number of aromatic amines is 2. The topological polar surface area (TPSA) is 77.7 Å². The SMILES string of the molecule is Cc1ccc2[nH]cc(CN3CCc4c(nc(-c5ccccn5)[nH]c4=O)C3)c2c1. The minimum Gasteiger partial charge on any atom is -0.361 e. The molecule has 0 amide bonds. The quantitative estimate of drug-likeness (QED) is 0.580. The lowest BCUT2D eigenvalue weighted by Crippen LogP contribution is -2.35. The maximum absolute atomic E-state index is 12.5. The summed E-state index contributed by atoms with van der Waals surface area (Å²) in [7, 11) is 0. The summed E-state index contributed by atoms with van der Waals surface area (Å²) in [5.74, 6) is 0.536. The Hall–Kier alpha value is -3.25. The van der Waals surface area contributed by atoms with Gasteiger partial charge in [0, 0.05) is 48.5 Å². The molecule has 0 radical (unpaired) electrons. The zero-order valence-electron chi connectivity index (χ0n) is 15.7. The van der Waals surface area contributed by atoms with Crippen LogP contribution >= 0.6 is 0 Å². The highest BCUT2D eigenvalue weighted by Gasteiger charge is 2.22. The fourth-order valence-corrected chi connectivity index (χ4v) is 3.92. The molecule has 6 nitrogen and oxygen atoms in total. The van der Waals surface area contributed by atoms with Crippen LogP contribution < -0.4 is 5.56 Å². The zero-order chi connectivity index (χ0) is 19.1. The van der Waals surface area contributed by atoms with E-state index in [2.05, 4.69) is 51.2 Å². The summed E-state index contributed by atoms with van der Waals surface area (Å²) >= 11 is 0. The number of fused-ring (bicyclic) bond motifs is 2. The number of aryl methyl sites for hydroxylation is 1. The molecule has 28 heavy (non-hydrogen) atoms. The van der Waals surface area contributed by atoms with E-state index in [1.807, 2.05) is 18.2 Å². The van der Waals surface area contributed by atoms with Crippen molar-refractivity contribution in [3.05, 3.63) is 81.5 Å². The summed E-state index contributed by atoms with van der Waals surface area (Å²) in [5, 5.41) is 1.26. The van der Waals surface area contributed by atoms with Crippen molar-refractivity contribution in [2.45, 2.75) is 26.4 Å². The Morgan fingerprint density at radius 3 is 3.00 bits per heavy atom. The second-order valence-electron chi connectivity index (χ2n) is 7.38. The highest BCUT2D eigenvalue weighted by molar-refractivity contribution is 5.83. The number of pyridine rings is 1. The van der Waals surface area contributed by atoms with Crippen LogP contribution in [0.2, 0.25) is 0 Å². The first-order valence-corrected chi connectivity index (χ1v) is 9.50. The van der Waals surface area contributed by atoms with E-state index in [0.29, 0.717) is 24.5 Å². The molecule has 1 aliphatic heterocycles. The monoisotopic (exact) mass is 371 g/mol. The first-order valence-electron chi connectivity index (χ1n) is 9.50. The number of hydrogen-bond acceptors (Lipinski definition) is 4. The first-order chi connectivity index (χ1) is 13.7. The van der Waals surface area contributed by atoms with Gasteiger partial charge in [-0.2, -0.15) is 0 Å². The highest BCUT2D eigenvalue weighted by atomic mass is 16.1. The molecule has 3 aromatic heterocycles. The lowest BCUT2D eigenvalue weighted by atomic mass is 10.0. The van der Waals surface area contributed by atoms with Gasteiger partial charge in [0.05, 0.1) is 5.69 Å². The fourth-order valence-electron chi connectivity index (χ4n) is 3.92. The van der Waals surface area contributed by atoms with Gasteiger partial charge in [-0.15, -0.1) is 0 Å². The van der Waals surface area contributed by atoms with E-state index in [1.165, 1.54) is 16.5 Å². The summed E-state index contributed by atoms with van der Waals surface area (Å²) in [6.07, 6.45) is 4.51. The van der Waals surface area contributed by atoms with Crippen molar-refractivity contribution >= 4 is 10.9 Å². The maximum atomic E-state index is 12.5. The van der Waals surface area contributed by atoms with Gasteiger partial charge in [0.1, 0.15) is 5.69 Å². The van der Waals surface area contributed by atoms with Crippen LogP contribution in [0.1, 0.15) is 22.4 Å². The summed E-state index contributed by atoms with van der Waals surface area (Å²) in [5.41, 5.74) is 5.98. The number of hydrogen-bond donors (Lipinski definition) is 2. The van der Waals surface area contributed by atoms with E-state index in [9.17, 15) is 4.79 Å². The standard InChI is InChI=1S/C22H21N5O/c1-14-5-6-18-17(10-14)15(11-24-18)12-27-9-7-16-20(13-27)25-21(26-22(16)28)19-4-2-3-8-23-19/h2-6,8,10-11,24H,7,9,12-13H2,1H3,(H,25,26,28). The average Bonchev–Trinajstić information content (AvgIpc) is 3.10. The molecule has 0 bridgehead atoms. The van der Waals surface area contributed by atoms with E-state index in [4.69, 9.17) is 4.98 Å². The predicted octanol–water partition coefficient (Wildman–Crippen LogP) is 3.18. The normalized spacial score (nSPS) is 14.3. The number of benzene rings is 1. The van der Waals surface area contributed by atoms with E-state index >= 15 is 0 Å². The van der Waals surface area contributed by atoms with Gasteiger partial charge in [-0.3, -0.25) is 14.7 Å². The number of aromatic nitrogens is 4. The van der Waals surface area contributed by atoms with Crippen LogP contribution in [0.3, 0.4) is 0 Å². The fraction of sp³-hybridized carbons (Fsp3) is 0.227. The van der Waals surface area contributed by atoms with Gasteiger partial charge in [-0.25, -0.2) is 4.98 Å². The summed E-state index contributed by atoms with van der Waals surface area (Å²) in [6, 6.07) is 12.1. The summed E-state index contributed by atoms with van der Waals surface area (Å²) in [4.78, 5) is 30.2. The third kappa shape index (κ3) is 3.01. The van der Waals surface area contributed by atoms with Crippen molar-refractivity contribution in [3.8, 4) is 11.5 Å². The van der Waals surface area contributed by atoms with Gasteiger partial charge in [0.2, 0.25) is 0 Å². The smallest absolute Gasteiger partial charge is 0.254 e. The van der Waals surface area contributed by atoms with Crippen LogP contribution in [-0.4, -0.2) is 31.4 Å². The Labute approximate surface area is 162 Å². The van der Waals surface area contributed by atoms with Gasteiger partial charge < -0.3 is 9.97 Å². The van der Waals surface area contributed by atoms with Gasteiger partial charge in [0.15, 0.2) is 5.82 Å². The number of nitrogens with one attached hydrogen (secondary N) is 2. The van der Waals surface area contributed by atoms with Crippen LogP contribution in [0.15, 0.2) is 53.6 Å². The predicted molar refractivity (Wildman–Crippen MR) is 109 cm³/mol. The lowest BCUT2D eigenvalue weighted by molar-refractivity contribution is 0.241. The lowest BCUT2D eigenvalue weighted by Gasteiger charge is -2.27. The molecule has 0 aliphatic carbocycles. The third-order valence-electron chi connectivity index (χ3n) is 5.38. The minimum absolute atomic E-state index is 0.0481. The van der Waals surface area contributed by atoms with Crippen LogP contribution in [0.25, 0.3) is 22.4 Å². The van der Waals surface area contributed by atoms with Crippen LogP contribution in [0, 0.1) is 6.92 Å². The number of rotatable bonds is 3. The second kappa shape index (κ2) is 6.73. The molecule has 1 aromatic carbocycles. The average molecular weight is 371 g/mol. The molecule has 4 aromatic rings. The molecular formula is C22H21N5O. The Morgan fingerprint density at radius 2 is 2.14 bits per heavy atom. The Kier molecular flexibility index (Phi) is 4.06. The summed E-state index contributed by atoms with van der Waals surface area (Å²) in [6.45, 7) is 4.45. The van der Waals surface area contributed by atoms with Crippen LogP contribution in [0.5, 0.6) is 0 Å². The molecule has 5 rings (SSSR count). The van der Waals surface area contributed by atoms with E-state index < -0.39 is 0 Å². The van der Waals surface area contributed by atoms with Crippen molar-refractivity contribution in [3.63, 3.8) is 0 Å². The van der Waals surface area contributed by atoms with E-state index in [1.54, 1.807) is 6.20 Å². The van der Waals surface area contributed by atoms with Crippen LogP contribution in [0.4, 0.5) is 0 Å². The molecule has 1 aliphatic rings. The molecular weight excluding hydrogens is 350 g/mol. The molecule has 0 saturated carbocycles.